The van der Waals surface area contributed by atoms with Crippen LogP contribution in [0.25, 0.3) is 10.9 Å². The number of primary amides is 1. The molecule has 0 bridgehead atoms. The van der Waals surface area contributed by atoms with Crippen LogP contribution in [0.3, 0.4) is 0 Å². The lowest BCUT2D eigenvalue weighted by Crippen LogP contribution is -2.58. The maximum absolute atomic E-state index is 13.1. The summed E-state index contributed by atoms with van der Waals surface area (Å²) in [6.45, 7) is 3.90. The number of fused-ring (bicyclic) bond motifs is 1. The number of aliphatic carboxylic acids is 1. The van der Waals surface area contributed by atoms with E-state index in [9.17, 15) is 29.1 Å². The van der Waals surface area contributed by atoms with Gasteiger partial charge in [0.2, 0.25) is 23.6 Å². The Balaban J connectivity index is 2.18. The number of carboxylic acids is 1. The summed E-state index contributed by atoms with van der Waals surface area (Å²) >= 11 is 0. The van der Waals surface area contributed by atoms with Crippen LogP contribution in [0.5, 0.6) is 0 Å². The number of nitrogens with one attached hydrogen (secondary N) is 4. The molecule has 0 aliphatic heterocycles. The summed E-state index contributed by atoms with van der Waals surface area (Å²) in [5.74, 6) is -4.55. The van der Waals surface area contributed by atoms with Crippen molar-refractivity contribution >= 4 is 40.5 Å². The van der Waals surface area contributed by atoms with Crippen molar-refractivity contribution < 1.29 is 29.1 Å². The molecule has 0 radical (unpaired) electrons. The van der Waals surface area contributed by atoms with Crippen molar-refractivity contribution in [1.29, 1.82) is 0 Å². The van der Waals surface area contributed by atoms with Crippen molar-refractivity contribution in [2.45, 2.75) is 70.1 Å². The summed E-state index contributed by atoms with van der Waals surface area (Å²) in [5.41, 5.74) is 18.2. The van der Waals surface area contributed by atoms with E-state index in [0.717, 1.165) is 10.9 Å². The van der Waals surface area contributed by atoms with Crippen LogP contribution in [-0.4, -0.2) is 70.4 Å². The number of rotatable bonds is 16. The Kier molecular flexibility index (Phi) is 11.9. The Morgan fingerprint density at radius 3 is 2.15 bits per heavy atom. The van der Waals surface area contributed by atoms with E-state index >= 15 is 0 Å². The first kappa shape index (κ1) is 31.2. The first-order valence-corrected chi connectivity index (χ1v) is 12.9. The molecule has 1 heterocycles. The molecule has 0 aliphatic carbocycles. The monoisotopic (exact) mass is 545 g/mol. The molecule has 2 aromatic rings. The molecule has 1 aromatic carbocycles. The molecule has 4 atom stereocenters. The fraction of sp³-hybridized carbons (Fsp3) is 0.500. The van der Waals surface area contributed by atoms with Gasteiger partial charge in [0.1, 0.15) is 18.1 Å². The normalized spacial score (nSPS) is 14.3. The Morgan fingerprint density at radius 1 is 0.923 bits per heavy atom. The van der Waals surface area contributed by atoms with Gasteiger partial charge in [-0.3, -0.25) is 19.2 Å². The molecule has 13 heteroatoms. The summed E-state index contributed by atoms with van der Waals surface area (Å²) in [4.78, 5) is 65.5. The second-order valence-electron chi connectivity index (χ2n) is 9.81. The number of nitrogens with two attached hydrogens (primary N) is 3. The number of amides is 4. The van der Waals surface area contributed by atoms with E-state index in [-0.39, 0.29) is 18.8 Å². The van der Waals surface area contributed by atoms with Crippen molar-refractivity contribution in [2.24, 2.45) is 23.1 Å². The molecule has 0 fully saturated rings. The minimum absolute atomic E-state index is 0.0484. The average Bonchev–Trinajstić information content (AvgIpc) is 3.29. The molecule has 0 saturated heterocycles. The number of hydrogen-bond acceptors (Lipinski definition) is 7. The summed E-state index contributed by atoms with van der Waals surface area (Å²) < 4.78 is 0. The van der Waals surface area contributed by atoms with E-state index < -0.39 is 60.2 Å². The SMILES string of the molecule is CC(C)C(N)C(=O)NC(CCCCN)C(=O)NC(CC(N)=O)C(=O)NC(Cc1c[nH]c2ccccc12)C(=O)O. The molecule has 13 nitrogen and oxygen atoms in total. The quantitative estimate of drug-likeness (QED) is 0.124. The zero-order chi connectivity index (χ0) is 29.1. The highest BCUT2D eigenvalue weighted by molar-refractivity contribution is 5.96. The van der Waals surface area contributed by atoms with Crippen LogP contribution in [-0.2, 0) is 30.4 Å². The standard InChI is InChI=1S/C26H39N7O6/c1-14(2)22(29)25(37)31-18(9-5-6-10-27)23(35)32-19(12-21(28)34)24(36)33-20(26(38)39)11-15-13-30-17-8-4-3-7-16(15)17/h3-4,7-8,13-14,18-20,22,30H,5-6,9-12,27,29H2,1-2H3,(H2,28,34)(H,31,37)(H,32,35)(H,33,36)(H,38,39). The van der Waals surface area contributed by atoms with Gasteiger partial charge in [-0.15, -0.1) is 0 Å². The first-order valence-electron chi connectivity index (χ1n) is 12.9. The van der Waals surface area contributed by atoms with Crippen LogP contribution in [0.15, 0.2) is 30.5 Å². The number of para-hydroxylation sites is 1. The Labute approximate surface area is 226 Å². The summed E-state index contributed by atoms with van der Waals surface area (Å²) in [6, 6.07) is 2.56. The number of unbranched alkanes of at least 4 members (excludes halogenated alkanes) is 1. The van der Waals surface area contributed by atoms with Crippen LogP contribution in [0.4, 0.5) is 0 Å². The van der Waals surface area contributed by atoms with E-state index in [1.54, 1.807) is 20.0 Å². The number of carboxylic acid groups (broad SMARTS) is 1. The molecule has 39 heavy (non-hydrogen) atoms. The predicted octanol–water partition coefficient (Wildman–Crippen LogP) is -0.763. The number of aromatic nitrogens is 1. The maximum Gasteiger partial charge on any atom is 0.326 e. The molecule has 0 spiro atoms. The number of benzene rings is 1. The van der Waals surface area contributed by atoms with Gasteiger partial charge in [0, 0.05) is 23.5 Å². The second kappa shape index (κ2) is 14.8. The third-order valence-corrected chi connectivity index (χ3v) is 6.35. The fourth-order valence-corrected chi connectivity index (χ4v) is 4.01. The van der Waals surface area contributed by atoms with E-state index in [4.69, 9.17) is 17.2 Å². The number of aromatic amines is 1. The summed E-state index contributed by atoms with van der Waals surface area (Å²) in [6.07, 6.45) is 2.34. The third kappa shape index (κ3) is 9.37. The number of H-pyrrole nitrogens is 1. The minimum atomic E-state index is -1.47. The van der Waals surface area contributed by atoms with Crippen molar-refractivity contribution in [2.75, 3.05) is 6.54 Å². The molecule has 4 unspecified atom stereocenters. The van der Waals surface area contributed by atoms with Gasteiger partial charge in [0.15, 0.2) is 0 Å². The van der Waals surface area contributed by atoms with Gasteiger partial charge in [0.05, 0.1) is 12.5 Å². The second-order valence-corrected chi connectivity index (χ2v) is 9.81. The molecule has 0 aliphatic rings. The number of carbonyl (C=O) groups is 5. The Hall–Kier alpha value is -3.97. The van der Waals surface area contributed by atoms with Crippen molar-refractivity contribution in [3.63, 3.8) is 0 Å². The zero-order valence-electron chi connectivity index (χ0n) is 22.2. The lowest BCUT2D eigenvalue weighted by atomic mass is 10.0. The lowest BCUT2D eigenvalue weighted by Gasteiger charge is -2.25. The topological polar surface area (TPSA) is 236 Å². The highest BCUT2D eigenvalue weighted by atomic mass is 16.4. The van der Waals surface area contributed by atoms with Gasteiger partial charge in [-0.25, -0.2) is 4.79 Å². The van der Waals surface area contributed by atoms with Crippen LogP contribution < -0.4 is 33.2 Å². The van der Waals surface area contributed by atoms with E-state index in [1.165, 1.54) is 0 Å². The Bertz CT molecular complexity index is 1160. The highest BCUT2D eigenvalue weighted by Crippen LogP contribution is 2.19. The zero-order valence-corrected chi connectivity index (χ0v) is 22.2. The van der Waals surface area contributed by atoms with Gasteiger partial charge in [-0.1, -0.05) is 32.0 Å². The number of hydrogen-bond donors (Lipinski definition) is 8. The molecule has 4 amide bonds. The number of carbonyl (C=O) groups excluding carboxylic acids is 4. The van der Waals surface area contributed by atoms with E-state index in [2.05, 4.69) is 20.9 Å². The van der Waals surface area contributed by atoms with Gasteiger partial charge in [0.25, 0.3) is 0 Å². The van der Waals surface area contributed by atoms with Gasteiger partial charge in [-0.05, 0) is 43.4 Å². The van der Waals surface area contributed by atoms with Crippen molar-refractivity contribution in [3.05, 3.63) is 36.0 Å². The van der Waals surface area contributed by atoms with E-state index in [0.29, 0.717) is 24.9 Å². The first-order chi connectivity index (χ1) is 18.4. The molecular formula is C26H39N7O6. The van der Waals surface area contributed by atoms with Gasteiger partial charge < -0.3 is 43.2 Å². The van der Waals surface area contributed by atoms with Gasteiger partial charge in [-0.2, -0.15) is 0 Å². The smallest absolute Gasteiger partial charge is 0.326 e. The average molecular weight is 546 g/mol. The fourth-order valence-electron chi connectivity index (χ4n) is 4.01. The van der Waals surface area contributed by atoms with Crippen LogP contribution in [0.2, 0.25) is 0 Å². The largest absolute Gasteiger partial charge is 0.480 e. The highest BCUT2D eigenvalue weighted by Gasteiger charge is 2.31. The summed E-state index contributed by atoms with van der Waals surface area (Å²) in [7, 11) is 0. The molecule has 2 rings (SSSR count). The van der Waals surface area contributed by atoms with Crippen LogP contribution >= 0.6 is 0 Å². The minimum Gasteiger partial charge on any atom is -0.480 e. The molecular weight excluding hydrogens is 506 g/mol. The van der Waals surface area contributed by atoms with Crippen LogP contribution in [0.1, 0.15) is 45.1 Å². The summed E-state index contributed by atoms with van der Waals surface area (Å²) in [5, 5.41) is 18.0. The third-order valence-electron chi connectivity index (χ3n) is 6.35. The van der Waals surface area contributed by atoms with Crippen LogP contribution in [0, 0.1) is 5.92 Å². The maximum atomic E-state index is 13.1. The van der Waals surface area contributed by atoms with Crippen molar-refractivity contribution in [1.82, 2.24) is 20.9 Å². The Morgan fingerprint density at radius 2 is 1.54 bits per heavy atom. The van der Waals surface area contributed by atoms with Crippen molar-refractivity contribution in [3.8, 4) is 0 Å². The predicted molar refractivity (Wildman–Crippen MR) is 145 cm³/mol. The molecule has 0 saturated carbocycles. The molecule has 214 valence electrons. The van der Waals surface area contributed by atoms with E-state index in [1.807, 2.05) is 24.3 Å². The lowest BCUT2D eigenvalue weighted by molar-refractivity contribution is -0.142. The molecule has 11 N–H and O–H groups in total. The molecule has 1 aromatic heterocycles. The van der Waals surface area contributed by atoms with Gasteiger partial charge >= 0.3 is 5.97 Å².